The van der Waals surface area contributed by atoms with Crippen LogP contribution in [0.25, 0.3) is 0 Å². The van der Waals surface area contributed by atoms with Crippen molar-refractivity contribution in [3.63, 3.8) is 0 Å². The van der Waals surface area contributed by atoms with Crippen LogP contribution >= 0.6 is 27.7 Å². The quantitative estimate of drug-likeness (QED) is 0.795. The topological polar surface area (TPSA) is 26.0 Å². The van der Waals surface area contributed by atoms with Gasteiger partial charge < -0.3 is 4.42 Å². The molecule has 2 rings (SSSR count). The highest BCUT2D eigenvalue weighted by atomic mass is 79.9. The van der Waals surface area contributed by atoms with E-state index in [2.05, 4.69) is 20.9 Å². The van der Waals surface area contributed by atoms with Crippen molar-refractivity contribution in [2.75, 3.05) is 0 Å². The van der Waals surface area contributed by atoms with E-state index in [9.17, 15) is 0 Å². The Morgan fingerprint density at radius 1 is 1.36 bits per heavy atom. The summed E-state index contributed by atoms with van der Waals surface area (Å²) in [5, 5.41) is 1.00. The van der Waals surface area contributed by atoms with Gasteiger partial charge in [-0.05, 0) is 40.2 Å². The molecule has 0 amide bonds. The smallest absolute Gasteiger partial charge is 0.114 e. The summed E-state index contributed by atoms with van der Waals surface area (Å²) in [5.41, 5.74) is 0. The maximum atomic E-state index is 5.22. The predicted octanol–water partition coefficient (Wildman–Crippen LogP) is 3.73. The molecule has 0 aromatic carbocycles. The van der Waals surface area contributed by atoms with Gasteiger partial charge in [-0.3, -0.25) is 0 Å². The first-order valence-corrected chi connectivity index (χ1v) is 5.89. The summed E-state index contributed by atoms with van der Waals surface area (Å²) in [6.45, 7) is 0. The van der Waals surface area contributed by atoms with Crippen molar-refractivity contribution in [3.05, 3.63) is 47.0 Å². The maximum absolute atomic E-state index is 5.22. The van der Waals surface area contributed by atoms with Crippen molar-refractivity contribution in [3.8, 4) is 0 Å². The molecule has 0 aliphatic carbocycles. The number of furan rings is 1. The van der Waals surface area contributed by atoms with E-state index < -0.39 is 0 Å². The van der Waals surface area contributed by atoms with Gasteiger partial charge in [0.1, 0.15) is 5.76 Å². The standard InChI is InChI=1S/C10H8BrNOS/c11-8-3-4-10(12-6-8)14-7-9-2-1-5-13-9/h1-6H,7H2. The Bertz CT molecular complexity index is 385. The van der Waals surface area contributed by atoms with E-state index in [1.807, 2.05) is 24.3 Å². The molecule has 2 heterocycles. The molecule has 0 unspecified atom stereocenters. The fourth-order valence-corrected chi connectivity index (χ4v) is 1.97. The van der Waals surface area contributed by atoms with Crippen molar-refractivity contribution in [2.45, 2.75) is 10.8 Å². The molecule has 0 saturated heterocycles. The van der Waals surface area contributed by atoms with E-state index in [0.717, 1.165) is 21.0 Å². The van der Waals surface area contributed by atoms with Crippen LogP contribution in [-0.4, -0.2) is 4.98 Å². The molecule has 2 aromatic rings. The Morgan fingerprint density at radius 3 is 2.93 bits per heavy atom. The highest BCUT2D eigenvalue weighted by Crippen LogP contribution is 2.21. The molecule has 2 nitrogen and oxygen atoms in total. The SMILES string of the molecule is Brc1ccc(SCc2ccco2)nc1. The molecular formula is C10H8BrNOS. The van der Waals surface area contributed by atoms with Crippen LogP contribution in [0.2, 0.25) is 0 Å². The zero-order valence-electron chi connectivity index (χ0n) is 7.31. The fourth-order valence-electron chi connectivity index (χ4n) is 0.987. The molecule has 72 valence electrons. The zero-order valence-corrected chi connectivity index (χ0v) is 9.72. The Morgan fingerprint density at radius 2 is 2.29 bits per heavy atom. The van der Waals surface area contributed by atoms with Crippen molar-refractivity contribution in [2.24, 2.45) is 0 Å². The molecule has 0 fully saturated rings. The van der Waals surface area contributed by atoms with Crippen molar-refractivity contribution >= 4 is 27.7 Å². The Kier molecular flexibility index (Phi) is 3.26. The lowest BCUT2D eigenvalue weighted by Gasteiger charge is -1.97. The summed E-state index contributed by atoms with van der Waals surface area (Å²) in [6, 6.07) is 7.83. The molecule has 0 aliphatic rings. The van der Waals surface area contributed by atoms with Gasteiger partial charge in [0, 0.05) is 10.7 Å². The number of halogens is 1. The second-order valence-electron chi connectivity index (χ2n) is 2.68. The maximum Gasteiger partial charge on any atom is 0.114 e. The minimum Gasteiger partial charge on any atom is -0.468 e. The third-order valence-corrected chi connectivity index (χ3v) is 3.08. The third kappa shape index (κ3) is 2.62. The number of hydrogen-bond acceptors (Lipinski definition) is 3. The molecular weight excluding hydrogens is 262 g/mol. The zero-order chi connectivity index (χ0) is 9.80. The number of rotatable bonds is 3. The molecule has 0 N–H and O–H groups in total. The van der Waals surface area contributed by atoms with Crippen LogP contribution in [0.1, 0.15) is 5.76 Å². The van der Waals surface area contributed by atoms with Crippen molar-refractivity contribution in [1.29, 1.82) is 0 Å². The minimum absolute atomic E-state index is 0.821. The second kappa shape index (κ2) is 4.66. The first-order chi connectivity index (χ1) is 6.84. The van der Waals surface area contributed by atoms with Crippen LogP contribution in [0.4, 0.5) is 0 Å². The van der Waals surface area contributed by atoms with E-state index in [0.29, 0.717) is 0 Å². The van der Waals surface area contributed by atoms with E-state index in [1.165, 1.54) is 0 Å². The monoisotopic (exact) mass is 269 g/mol. The summed E-state index contributed by atoms with van der Waals surface area (Å²) in [5.74, 6) is 1.79. The lowest BCUT2D eigenvalue weighted by Crippen LogP contribution is -1.80. The predicted molar refractivity (Wildman–Crippen MR) is 60.2 cm³/mol. The van der Waals surface area contributed by atoms with Gasteiger partial charge in [-0.2, -0.15) is 0 Å². The number of thioether (sulfide) groups is 1. The largest absolute Gasteiger partial charge is 0.468 e. The summed E-state index contributed by atoms with van der Waals surface area (Å²) in [7, 11) is 0. The first-order valence-electron chi connectivity index (χ1n) is 4.11. The molecule has 0 saturated carbocycles. The van der Waals surface area contributed by atoms with E-state index in [4.69, 9.17) is 4.42 Å². The number of pyridine rings is 1. The van der Waals surface area contributed by atoms with Crippen LogP contribution in [0.15, 0.2) is 50.6 Å². The van der Waals surface area contributed by atoms with Crippen LogP contribution in [0.5, 0.6) is 0 Å². The summed E-state index contributed by atoms with van der Waals surface area (Å²) in [6.07, 6.45) is 3.48. The number of nitrogens with zero attached hydrogens (tertiary/aromatic N) is 1. The highest BCUT2D eigenvalue weighted by molar-refractivity contribution is 9.10. The molecule has 0 spiro atoms. The molecule has 2 aromatic heterocycles. The minimum atomic E-state index is 0.821. The van der Waals surface area contributed by atoms with Gasteiger partial charge in [0.2, 0.25) is 0 Å². The Labute approximate surface area is 94.9 Å². The molecule has 0 bridgehead atoms. The molecule has 14 heavy (non-hydrogen) atoms. The van der Waals surface area contributed by atoms with Gasteiger partial charge in [0.25, 0.3) is 0 Å². The lowest BCUT2D eigenvalue weighted by atomic mass is 10.5. The van der Waals surface area contributed by atoms with E-state index in [1.54, 1.807) is 24.2 Å². The van der Waals surface area contributed by atoms with Crippen LogP contribution in [-0.2, 0) is 5.75 Å². The average molecular weight is 270 g/mol. The fraction of sp³-hybridized carbons (Fsp3) is 0.100. The number of hydrogen-bond donors (Lipinski definition) is 0. The first kappa shape index (κ1) is 9.80. The van der Waals surface area contributed by atoms with Gasteiger partial charge in [0.15, 0.2) is 0 Å². The van der Waals surface area contributed by atoms with Crippen LogP contribution in [0, 0.1) is 0 Å². The van der Waals surface area contributed by atoms with E-state index in [-0.39, 0.29) is 0 Å². The summed E-state index contributed by atoms with van der Waals surface area (Å²) >= 11 is 5.01. The number of aromatic nitrogens is 1. The average Bonchev–Trinajstić information content (AvgIpc) is 2.70. The van der Waals surface area contributed by atoms with Gasteiger partial charge in [-0.1, -0.05) is 11.8 Å². The van der Waals surface area contributed by atoms with Crippen LogP contribution in [0.3, 0.4) is 0 Å². The lowest BCUT2D eigenvalue weighted by molar-refractivity contribution is 0.530. The third-order valence-electron chi connectivity index (χ3n) is 1.64. The van der Waals surface area contributed by atoms with E-state index >= 15 is 0 Å². The van der Waals surface area contributed by atoms with Gasteiger partial charge in [-0.15, -0.1) is 0 Å². The second-order valence-corrected chi connectivity index (χ2v) is 4.59. The summed E-state index contributed by atoms with van der Waals surface area (Å²) < 4.78 is 6.22. The van der Waals surface area contributed by atoms with Crippen molar-refractivity contribution < 1.29 is 4.42 Å². The van der Waals surface area contributed by atoms with Gasteiger partial charge in [0.05, 0.1) is 17.0 Å². The van der Waals surface area contributed by atoms with Gasteiger partial charge in [-0.25, -0.2) is 4.98 Å². The molecule has 0 atom stereocenters. The Hall–Kier alpha value is -0.740. The van der Waals surface area contributed by atoms with Crippen molar-refractivity contribution in [1.82, 2.24) is 4.98 Å². The molecule has 0 radical (unpaired) electrons. The van der Waals surface area contributed by atoms with Gasteiger partial charge >= 0.3 is 0 Å². The Balaban J connectivity index is 1.95. The molecule has 4 heteroatoms. The van der Waals surface area contributed by atoms with Crippen LogP contribution < -0.4 is 0 Å². The highest BCUT2D eigenvalue weighted by Gasteiger charge is 1.99. The molecule has 0 aliphatic heterocycles. The normalized spacial score (nSPS) is 10.4. The summed E-state index contributed by atoms with van der Waals surface area (Å²) in [4.78, 5) is 4.25.